The number of aliphatic hydroxyl groups excluding tert-OH is 1. The van der Waals surface area contributed by atoms with Crippen molar-refractivity contribution in [3.63, 3.8) is 0 Å². The van der Waals surface area contributed by atoms with Gasteiger partial charge < -0.3 is 5.11 Å². The summed E-state index contributed by atoms with van der Waals surface area (Å²) in [5, 5.41) is 10.0. The van der Waals surface area contributed by atoms with Crippen molar-refractivity contribution >= 4 is 11.8 Å². The molecule has 1 nitrogen and oxygen atoms in total. The Balaban J connectivity index is 3.87. The number of rotatable bonds is 4. The van der Waals surface area contributed by atoms with Crippen LogP contribution in [-0.4, -0.2) is 21.7 Å². The van der Waals surface area contributed by atoms with Crippen molar-refractivity contribution in [3.8, 4) is 12.3 Å². The molecule has 0 radical (unpaired) electrons. The predicted octanol–water partition coefficient (Wildman–Crippen LogP) is 1.90. The minimum atomic E-state index is -0.590. The van der Waals surface area contributed by atoms with E-state index in [1.54, 1.807) is 11.8 Å². The lowest BCUT2D eigenvalue weighted by Gasteiger charge is -2.18. The zero-order valence-electron chi connectivity index (χ0n) is 7.37. The van der Waals surface area contributed by atoms with Crippen molar-refractivity contribution in [2.24, 2.45) is 0 Å². The van der Waals surface area contributed by atoms with Crippen molar-refractivity contribution in [3.05, 3.63) is 0 Å². The second-order valence-corrected chi connectivity index (χ2v) is 4.56. The fraction of sp³-hybridized carbons (Fsp3) is 0.778. The Bertz CT molecular complexity index is 137. The molecule has 0 aliphatic heterocycles. The van der Waals surface area contributed by atoms with Crippen molar-refractivity contribution < 1.29 is 5.11 Å². The Morgan fingerprint density at radius 3 is 2.36 bits per heavy atom. The number of thioether (sulfide) groups is 1. The van der Waals surface area contributed by atoms with Crippen LogP contribution in [0.3, 0.4) is 0 Å². The van der Waals surface area contributed by atoms with Crippen LogP contribution >= 0.6 is 11.8 Å². The van der Waals surface area contributed by atoms with Crippen LogP contribution in [0.25, 0.3) is 0 Å². The van der Waals surface area contributed by atoms with Gasteiger partial charge >= 0.3 is 0 Å². The summed E-state index contributed by atoms with van der Waals surface area (Å²) in [5.41, 5.74) is 0. The Hall–Kier alpha value is -0.130. The van der Waals surface area contributed by atoms with E-state index in [4.69, 9.17) is 6.42 Å². The van der Waals surface area contributed by atoms with Crippen molar-refractivity contribution in [1.82, 2.24) is 0 Å². The van der Waals surface area contributed by atoms with Crippen LogP contribution in [0.15, 0.2) is 0 Å². The largest absolute Gasteiger partial charge is 0.379 e. The van der Waals surface area contributed by atoms with Crippen molar-refractivity contribution in [2.45, 2.75) is 43.8 Å². The summed E-state index contributed by atoms with van der Waals surface area (Å²) < 4.78 is 0. The van der Waals surface area contributed by atoms with Gasteiger partial charge in [-0.2, -0.15) is 11.8 Å². The lowest BCUT2D eigenvalue weighted by molar-refractivity contribution is 0.227. The van der Waals surface area contributed by atoms with Gasteiger partial charge in [0.05, 0.1) is 0 Å². The van der Waals surface area contributed by atoms with E-state index in [2.05, 4.69) is 19.8 Å². The minimum Gasteiger partial charge on any atom is -0.379 e. The van der Waals surface area contributed by atoms with Gasteiger partial charge in [0.25, 0.3) is 0 Å². The summed E-state index contributed by atoms with van der Waals surface area (Å²) >= 11 is 1.74. The van der Waals surface area contributed by atoms with Gasteiger partial charge in [0.1, 0.15) is 6.10 Å². The molecule has 0 heterocycles. The average molecular weight is 172 g/mol. The minimum absolute atomic E-state index is 0.194. The molecule has 0 aliphatic rings. The van der Waals surface area contributed by atoms with Crippen molar-refractivity contribution in [2.75, 3.05) is 0 Å². The third kappa shape index (κ3) is 4.34. The highest BCUT2D eigenvalue weighted by molar-refractivity contribution is 8.00. The molecule has 0 rings (SSSR count). The lowest BCUT2D eigenvalue weighted by Crippen LogP contribution is -2.21. The second-order valence-electron chi connectivity index (χ2n) is 2.74. The Morgan fingerprint density at radius 1 is 1.55 bits per heavy atom. The molecular formula is C9H16OS. The van der Waals surface area contributed by atoms with E-state index in [9.17, 15) is 5.11 Å². The van der Waals surface area contributed by atoms with Crippen molar-refractivity contribution in [1.29, 1.82) is 0 Å². The molecule has 2 atom stereocenters. The van der Waals surface area contributed by atoms with E-state index >= 15 is 0 Å². The highest BCUT2D eigenvalue weighted by atomic mass is 32.2. The summed E-state index contributed by atoms with van der Waals surface area (Å²) in [6.07, 6.45) is 5.45. The zero-order chi connectivity index (χ0) is 8.85. The normalized spacial score (nSPS) is 16.0. The van der Waals surface area contributed by atoms with E-state index in [1.807, 2.05) is 6.92 Å². The quantitative estimate of drug-likeness (QED) is 0.654. The summed E-state index contributed by atoms with van der Waals surface area (Å²) in [4.78, 5) is 0. The highest BCUT2D eigenvalue weighted by Gasteiger charge is 2.16. The Labute approximate surface area is 73.6 Å². The summed E-state index contributed by atoms with van der Waals surface area (Å²) in [7, 11) is 0. The molecule has 0 bridgehead atoms. The Kier molecular flexibility index (Phi) is 5.45. The third-order valence-corrected chi connectivity index (χ3v) is 2.86. The van der Waals surface area contributed by atoms with Gasteiger partial charge in [-0.25, -0.2) is 0 Å². The zero-order valence-corrected chi connectivity index (χ0v) is 8.19. The van der Waals surface area contributed by atoms with E-state index in [-0.39, 0.29) is 5.25 Å². The number of terminal acetylenes is 1. The lowest BCUT2D eigenvalue weighted by atomic mass is 10.2. The maximum Gasteiger partial charge on any atom is 0.126 e. The molecule has 0 aromatic rings. The molecule has 0 saturated heterocycles. The van der Waals surface area contributed by atoms with Crippen LogP contribution in [0.1, 0.15) is 27.2 Å². The van der Waals surface area contributed by atoms with Crippen LogP contribution in [0.5, 0.6) is 0 Å². The van der Waals surface area contributed by atoms with Crippen LogP contribution in [0.2, 0.25) is 0 Å². The number of hydrogen-bond acceptors (Lipinski definition) is 2. The SMILES string of the molecule is C#CC(O)C(CC)SC(C)C. The first-order valence-corrected chi connectivity index (χ1v) is 4.85. The number of aliphatic hydroxyl groups is 1. The topological polar surface area (TPSA) is 20.2 Å². The monoisotopic (exact) mass is 172 g/mol. The summed E-state index contributed by atoms with van der Waals surface area (Å²) in [6.45, 7) is 6.26. The molecule has 2 heteroatoms. The van der Waals surface area contributed by atoms with Gasteiger partial charge in [-0.15, -0.1) is 6.42 Å². The summed E-state index contributed by atoms with van der Waals surface area (Å²) in [5.74, 6) is 2.36. The van der Waals surface area contributed by atoms with Gasteiger partial charge in [0.2, 0.25) is 0 Å². The molecule has 64 valence electrons. The third-order valence-electron chi connectivity index (χ3n) is 1.37. The van der Waals surface area contributed by atoms with Gasteiger partial charge in [-0.3, -0.25) is 0 Å². The van der Waals surface area contributed by atoms with Crippen LogP contribution in [-0.2, 0) is 0 Å². The van der Waals surface area contributed by atoms with Gasteiger partial charge in [0, 0.05) is 5.25 Å². The van der Waals surface area contributed by atoms with Gasteiger partial charge in [0.15, 0.2) is 0 Å². The maximum absolute atomic E-state index is 9.31. The molecule has 0 fully saturated rings. The van der Waals surface area contributed by atoms with E-state index in [0.717, 1.165) is 6.42 Å². The van der Waals surface area contributed by atoms with Crippen LogP contribution in [0.4, 0.5) is 0 Å². The fourth-order valence-electron chi connectivity index (χ4n) is 0.851. The molecule has 0 saturated carbocycles. The molecule has 0 aromatic carbocycles. The Morgan fingerprint density at radius 2 is 2.09 bits per heavy atom. The fourth-order valence-corrected chi connectivity index (χ4v) is 1.97. The maximum atomic E-state index is 9.31. The van der Waals surface area contributed by atoms with Gasteiger partial charge in [-0.05, 0) is 11.7 Å². The first kappa shape index (κ1) is 10.9. The predicted molar refractivity (Wildman–Crippen MR) is 51.6 cm³/mol. The molecule has 0 aliphatic carbocycles. The van der Waals surface area contributed by atoms with E-state index in [0.29, 0.717) is 5.25 Å². The van der Waals surface area contributed by atoms with Gasteiger partial charge in [-0.1, -0.05) is 26.7 Å². The molecule has 11 heavy (non-hydrogen) atoms. The van der Waals surface area contributed by atoms with E-state index < -0.39 is 6.10 Å². The molecule has 1 N–H and O–H groups in total. The molecule has 0 aromatic heterocycles. The first-order chi connectivity index (χ1) is 5.11. The molecule has 2 unspecified atom stereocenters. The second kappa shape index (κ2) is 5.51. The molecular weight excluding hydrogens is 156 g/mol. The van der Waals surface area contributed by atoms with E-state index in [1.165, 1.54) is 0 Å². The molecule has 0 amide bonds. The highest BCUT2D eigenvalue weighted by Crippen LogP contribution is 2.22. The number of hydrogen-bond donors (Lipinski definition) is 1. The molecule has 0 spiro atoms. The standard InChI is InChI=1S/C9H16OS/c1-5-8(10)9(6-2)11-7(3)4/h1,7-10H,6H2,2-4H3. The smallest absolute Gasteiger partial charge is 0.126 e. The van der Waals surface area contributed by atoms with Crippen LogP contribution < -0.4 is 0 Å². The first-order valence-electron chi connectivity index (χ1n) is 3.91. The van der Waals surface area contributed by atoms with Crippen LogP contribution in [0, 0.1) is 12.3 Å². The average Bonchev–Trinajstić information content (AvgIpc) is 1.98. The summed E-state index contributed by atoms with van der Waals surface area (Å²) in [6, 6.07) is 0.